The zero-order chi connectivity index (χ0) is 13.9. The van der Waals surface area contributed by atoms with Gasteiger partial charge in [-0.15, -0.1) is 0 Å². The number of carbonyl (C=O) groups is 1. The third kappa shape index (κ3) is 4.41. The van der Waals surface area contributed by atoms with Crippen molar-refractivity contribution >= 4 is 15.7 Å². The molecule has 0 saturated carbocycles. The van der Waals surface area contributed by atoms with Crippen LogP contribution in [0, 0.1) is 0 Å². The first-order valence-corrected chi connectivity index (χ1v) is 8.21. The number of hydrogen-bond donors (Lipinski definition) is 3. The van der Waals surface area contributed by atoms with Crippen LogP contribution in [0.2, 0.25) is 0 Å². The first kappa shape index (κ1) is 14.7. The zero-order valence-corrected chi connectivity index (χ0v) is 11.5. The molecule has 1 amide bonds. The molecule has 0 radical (unpaired) electrons. The van der Waals surface area contributed by atoms with Crippen molar-refractivity contribution in [1.82, 2.24) is 10.6 Å². The predicted molar refractivity (Wildman–Crippen MR) is 68.5 cm³/mol. The number of carbonyl (C=O) groups excluding carboxylic acids is 1. The molecule has 0 bridgehead atoms. The normalized spacial score (nSPS) is 34.1. The molecule has 2 fully saturated rings. The van der Waals surface area contributed by atoms with Crippen molar-refractivity contribution in [2.75, 3.05) is 37.8 Å². The van der Waals surface area contributed by atoms with E-state index in [9.17, 15) is 18.3 Å². The Hall–Kier alpha value is -0.700. The molecule has 19 heavy (non-hydrogen) atoms. The highest BCUT2D eigenvalue weighted by Gasteiger charge is 2.33. The monoisotopic (exact) mass is 292 g/mol. The number of hydrogen-bond acceptors (Lipinski definition) is 6. The Kier molecular flexibility index (Phi) is 4.44. The molecular formula is C11H20N2O5S. The van der Waals surface area contributed by atoms with E-state index in [2.05, 4.69) is 10.6 Å². The molecule has 110 valence electrons. The molecule has 7 nitrogen and oxygen atoms in total. The summed E-state index contributed by atoms with van der Waals surface area (Å²) in [5, 5.41) is 15.6. The topological polar surface area (TPSA) is 105 Å². The standard InChI is InChI=1S/C11H20N2O5S/c14-10(13-7-11(15)1-3-18-8-11)5-9-6-19(16,17)4-2-12-9/h9,12,15H,1-8H2,(H,13,14). The summed E-state index contributed by atoms with van der Waals surface area (Å²) in [7, 11) is -3.03. The highest BCUT2D eigenvalue weighted by Crippen LogP contribution is 2.17. The van der Waals surface area contributed by atoms with Gasteiger partial charge in [0.15, 0.2) is 9.84 Å². The highest BCUT2D eigenvalue weighted by atomic mass is 32.2. The number of nitrogens with one attached hydrogen (secondary N) is 2. The molecule has 8 heteroatoms. The van der Waals surface area contributed by atoms with Crippen LogP contribution < -0.4 is 10.6 Å². The summed E-state index contributed by atoms with van der Waals surface area (Å²) in [6, 6.07) is -0.340. The van der Waals surface area contributed by atoms with Gasteiger partial charge in [0.25, 0.3) is 0 Å². The fraction of sp³-hybridized carbons (Fsp3) is 0.909. The van der Waals surface area contributed by atoms with Crippen LogP contribution in [0.25, 0.3) is 0 Å². The maximum atomic E-state index is 11.7. The van der Waals surface area contributed by atoms with E-state index < -0.39 is 15.4 Å². The fourth-order valence-electron chi connectivity index (χ4n) is 2.29. The van der Waals surface area contributed by atoms with Crippen molar-refractivity contribution in [1.29, 1.82) is 0 Å². The van der Waals surface area contributed by atoms with E-state index in [0.29, 0.717) is 19.6 Å². The molecule has 2 atom stereocenters. The van der Waals surface area contributed by atoms with Crippen LogP contribution >= 0.6 is 0 Å². The average Bonchev–Trinajstić information content (AvgIpc) is 2.73. The minimum absolute atomic E-state index is 0.00615. The van der Waals surface area contributed by atoms with Gasteiger partial charge < -0.3 is 20.5 Å². The average molecular weight is 292 g/mol. The number of ether oxygens (including phenoxy) is 1. The quantitative estimate of drug-likeness (QED) is 0.555. The maximum Gasteiger partial charge on any atom is 0.221 e. The van der Waals surface area contributed by atoms with Crippen LogP contribution in [0.15, 0.2) is 0 Å². The van der Waals surface area contributed by atoms with E-state index in [-0.39, 0.29) is 43.0 Å². The van der Waals surface area contributed by atoms with Crippen molar-refractivity contribution in [2.24, 2.45) is 0 Å². The van der Waals surface area contributed by atoms with Crippen LogP contribution in [0.1, 0.15) is 12.8 Å². The number of aliphatic hydroxyl groups is 1. The van der Waals surface area contributed by atoms with Gasteiger partial charge in [-0.1, -0.05) is 0 Å². The molecule has 0 aromatic rings. The molecule has 2 aliphatic rings. The molecule has 0 aliphatic carbocycles. The Morgan fingerprint density at radius 1 is 1.53 bits per heavy atom. The fourth-order valence-corrected chi connectivity index (χ4v) is 3.74. The molecule has 0 spiro atoms. The third-order valence-corrected chi connectivity index (χ3v) is 5.17. The molecule has 2 heterocycles. The van der Waals surface area contributed by atoms with Gasteiger partial charge in [-0.05, 0) is 0 Å². The van der Waals surface area contributed by atoms with E-state index >= 15 is 0 Å². The zero-order valence-electron chi connectivity index (χ0n) is 10.7. The second-order valence-corrected chi connectivity index (χ2v) is 7.50. The predicted octanol–water partition coefficient (Wildman–Crippen LogP) is -1.97. The van der Waals surface area contributed by atoms with Gasteiger partial charge in [0.05, 0.1) is 18.1 Å². The summed E-state index contributed by atoms with van der Waals surface area (Å²) in [4.78, 5) is 11.7. The third-order valence-electron chi connectivity index (χ3n) is 3.43. The lowest BCUT2D eigenvalue weighted by atomic mass is 10.0. The lowest BCUT2D eigenvalue weighted by Gasteiger charge is -2.24. The maximum absolute atomic E-state index is 11.7. The van der Waals surface area contributed by atoms with E-state index in [1.807, 2.05) is 0 Å². The summed E-state index contributed by atoms with van der Waals surface area (Å²) < 4.78 is 27.9. The van der Waals surface area contributed by atoms with Crippen LogP contribution in [-0.2, 0) is 19.4 Å². The molecule has 2 aliphatic heterocycles. The van der Waals surface area contributed by atoms with Gasteiger partial charge in [-0.2, -0.15) is 0 Å². The van der Waals surface area contributed by atoms with Gasteiger partial charge in [0, 0.05) is 38.6 Å². The number of sulfone groups is 1. The highest BCUT2D eigenvalue weighted by molar-refractivity contribution is 7.91. The molecule has 0 aromatic heterocycles. The van der Waals surface area contributed by atoms with E-state index in [4.69, 9.17) is 4.74 Å². The van der Waals surface area contributed by atoms with Crippen LogP contribution in [0.4, 0.5) is 0 Å². The van der Waals surface area contributed by atoms with Crippen molar-refractivity contribution < 1.29 is 23.1 Å². The summed E-state index contributed by atoms with van der Waals surface area (Å²) in [6.07, 6.45) is 0.611. The second kappa shape index (κ2) is 5.74. The Labute approximate surface area is 112 Å². The van der Waals surface area contributed by atoms with Gasteiger partial charge >= 0.3 is 0 Å². The van der Waals surface area contributed by atoms with Gasteiger partial charge in [-0.25, -0.2) is 8.42 Å². The SMILES string of the molecule is O=C(CC1CS(=O)(=O)CCN1)NCC1(O)CCOC1. The van der Waals surface area contributed by atoms with Gasteiger partial charge in [0.2, 0.25) is 5.91 Å². The molecule has 2 rings (SSSR count). The Morgan fingerprint density at radius 3 is 2.95 bits per heavy atom. The smallest absolute Gasteiger partial charge is 0.221 e. The van der Waals surface area contributed by atoms with E-state index in [0.717, 1.165) is 0 Å². The lowest BCUT2D eigenvalue weighted by Crippen LogP contribution is -2.49. The summed E-state index contributed by atoms with van der Waals surface area (Å²) in [5.41, 5.74) is -0.984. The molecule has 3 N–H and O–H groups in total. The first-order valence-electron chi connectivity index (χ1n) is 6.39. The Bertz CT molecular complexity index is 430. The Balaban J connectivity index is 1.75. The molecular weight excluding hydrogens is 272 g/mol. The summed E-state index contributed by atoms with van der Waals surface area (Å²) in [6.45, 7) is 1.25. The van der Waals surface area contributed by atoms with Crippen LogP contribution in [0.3, 0.4) is 0 Å². The summed E-state index contributed by atoms with van der Waals surface area (Å²) in [5.74, 6) is -0.134. The van der Waals surface area contributed by atoms with Crippen molar-refractivity contribution in [3.05, 3.63) is 0 Å². The molecule has 2 saturated heterocycles. The van der Waals surface area contributed by atoms with Crippen molar-refractivity contribution in [3.63, 3.8) is 0 Å². The van der Waals surface area contributed by atoms with Crippen molar-refractivity contribution in [2.45, 2.75) is 24.5 Å². The van der Waals surface area contributed by atoms with Crippen LogP contribution in [0.5, 0.6) is 0 Å². The lowest BCUT2D eigenvalue weighted by molar-refractivity contribution is -0.122. The Morgan fingerprint density at radius 2 is 2.32 bits per heavy atom. The minimum Gasteiger partial charge on any atom is -0.386 e. The van der Waals surface area contributed by atoms with Gasteiger partial charge in [0.1, 0.15) is 5.60 Å². The van der Waals surface area contributed by atoms with E-state index in [1.165, 1.54) is 0 Å². The number of rotatable bonds is 4. The van der Waals surface area contributed by atoms with E-state index in [1.54, 1.807) is 0 Å². The number of amides is 1. The largest absolute Gasteiger partial charge is 0.386 e. The van der Waals surface area contributed by atoms with Crippen molar-refractivity contribution in [3.8, 4) is 0 Å². The molecule has 0 aromatic carbocycles. The van der Waals surface area contributed by atoms with Crippen LogP contribution in [-0.4, -0.2) is 68.9 Å². The first-order chi connectivity index (χ1) is 8.89. The second-order valence-electron chi connectivity index (χ2n) is 5.27. The minimum atomic E-state index is -3.03. The summed E-state index contributed by atoms with van der Waals surface area (Å²) >= 11 is 0. The molecule has 2 unspecified atom stereocenters. The van der Waals surface area contributed by atoms with Gasteiger partial charge in [-0.3, -0.25) is 4.79 Å².